The predicted molar refractivity (Wildman–Crippen MR) is 105 cm³/mol. The lowest BCUT2D eigenvalue weighted by Gasteiger charge is -2.31. The molecule has 2 aromatic rings. The molecule has 0 spiro atoms. The van der Waals surface area contributed by atoms with E-state index in [1.807, 2.05) is 26.8 Å². The summed E-state index contributed by atoms with van der Waals surface area (Å²) in [7, 11) is -3.68. The van der Waals surface area contributed by atoms with E-state index in [1.54, 1.807) is 29.2 Å². The van der Waals surface area contributed by atoms with Crippen molar-refractivity contribution in [3.8, 4) is 0 Å². The van der Waals surface area contributed by atoms with Gasteiger partial charge in [-0.1, -0.05) is 18.2 Å². The van der Waals surface area contributed by atoms with E-state index in [0.717, 1.165) is 11.1 Å². The molecular formula is C21H25NO5S. The Morgan fingerprint density at radius 3 is 2.32 bits per heavy atom. The lowest BCUT2D eigenvalue weighted by atomic mass is 10.0. The van der Waals surface area contributed by atoms with Crippen molar-refractivity contribution in [1.29, 1.82) is 0 Å². The Morgan fingerprint density at radius 1 is 1.07 bits per heavy atom. The van der Waals surface area contributed by atoms with Gasteiger partial charge in [0, 0.05) is 13.1 Å². The van der Waals surface area contributed by atoms with Gasteiger partial charge >= 0.3 is 6.09 Å². The summed E-state index contributed by atoms with van der Waals surface area (Å²) in [6.45, 7) is 6.16. The molecular weight excluding hydrogens is 378 g/mol. The van der Waals surface area contributed by atoms with Gasteiger partial charge in [0.2, 0.25) is 9.84 Å². The summed E-state index contributed by atoms with van der Waals surface area (Å²) in [5.74, 6) is 0. The molecule has 1 aliphatic heterocycles. The van der Waals surface area contributed by atoms with E-state index in [9.17, 15) is 13.2 Å². The molecule has 0 atom stereocenters. The molecule has 1 N–H and O–H groups in total. The van der Waals surface area contributed by atoms with Gasteiger partial charge in [-0.05, 0) is 68.1 Å². The topological polar surface area (TPSA) is 83.9 Å². The number of carbonyl (C=O) groups is 1. The highest BCUT2D eigenvalue weighted by Crippen LogP contribution is 2.27. The molecule has 7 heteroatoms. The van der Waals surface area contributed by atoms with E-state index in [1.165, 1.54) is 12.1 Å². The van der Waals surface area contributed by atoms with Crippen molar-refractivity contribution in [2.24, 2.45) is 0 Å². The first kappa shape index (κ1) is 20.4. The van der Waals surface area contributed by atoms with Crippen LogP contribution in [-0.2, 0) is 34.1 Å². The summed E-state index contributed by atoms with van der Waals surface area (Å²) in [5, 5.41) is 9.13. The Kier molecular flexibility index (Phi) is 5.50. The van der Waals surface area contributed by atoms with Crippen molar-refractivity contribution < 1.29 is 23.1 Å². The van der Waals surface area contributed by atoms with E-state index < -0.39 is 21.5 Å². The molecule has 1 aliphatic rings. The first-order valence-corrected chi connectivity index (χ1v) is 10.6. The minimum atomic E-state index is -3.68. The molecule has 0 radical (unpaired) electrons. The number of carbonyl (C=O) groups excluding carboxylic acids is 1. The number of hydrogen-bond acceptors (Lipinski definition) is 5. The number of rotatable bonds is 3. The SMILES string of the molecule is CC(C)(C)OC(=O)N1CCc2ccc(S(=O)(=O)c3ccc(CO)cc3)cc2C1. The monoisotopic (exact) mass is 403 g/mol. The van der Waals surface area contributed by atoms with Gasteiger partial charge in [-0.25, -0.2) is 13.2 Å². The highest BCUT2D eigenvalue weighted by molar-refractivity contribution is 7.91. The predicted octanol–water partition coefficient (Wildman–Crippen LogP) is 3.30. The zero-order chi connectivity index (χ0) is 20.5. The molecule has 0 saturated heterocycles. The van der Waals surface area contributed by atoms with E-state index >= 15 is 0 Å². The van der Waals surface area contributed by atoms with Crippen LogP contribution >= 0.6 is 0 Å². The average molecular weight is 404 g/mol. The Hall–Kier alpha value is -2.38. The van der Waals surface area contributed by atoms with Crippen LogP contribution in [0.1, 0.15) is 37.5 Å². The van der Waals surface area contributed by atoms with Crippen LogP contribution < -0.4 is 0 Å². The van der Waals surface area contributed by atoms with Gasteiger partial charge in [-0.15, -0.1) is 0 Å². The number of aliphatic hydroxyl groups excluding tert-OH is 1. The molecule has 0 fully saturated rings. The fourth-order valence-corrected chi connectivity index (χ4v) is 4.40. The zero-order valence-electron chi connectivity index (χ0n) is 16.3. The summed E-state index contributed by atoms with van der Waals surface area (Å²) in [6, 6.07) is 11.2. The van der Waals surface area contributed by atoms with Crippen molar-refractivity contribution in [3.05, 3.63) is 59.2 Å². The molecule has 1 amide bonds. The van der Waals surface area contributed by atoms with Crippen LogP contribution in [0.15, 0.2) is 52.3 Å². The molecule has 0 unspecified atom stereocenters. The second-order valence-corrected chi connectivity index (χ2v) is 9.84. The largest absolute Gasteiger partial charge is 0.444 e. The highest BCUT2D eigenvalue weighted by atomic mass is 32.2. The molecule has 0 aliphatic carbocycles. The minimum Gasteiger partial charge on any atom is -0.444 e. The minimum absolute atomic E-state index is 0.139. The number of ether oxygens (including phenoxy) is 1. The summed E-state index contributed by atoms with van der Waals surface area (Å²) in [6.07, 6.45) is 0.256. The molecule has 0 bridgehead atoms. The molecule has 3 rings (SSSR count). The fraction of sp³-hybridized carbons (Fsp3) is 0.381. The summed E-state index contributed by atoms with van der Waals surface area (Å²) < 4.78 is 31.3. The zero-order valence-corrected chi connectivity index (χ0v) is 17.1. The van der Waals surface area contributed by atoms with Crippen LogP contribution in [0.5, 0.6) is 0 Å². The third-order valence-corrected chi connectivity index (χ3v) is 6.34. The average Bonchev–Trinajstić information content (AvgIpc) is 2.65. The van der Waals surface area contributed by atoms with Crippen molar-refractivity contribution in [2.75, 3.05) is 6.54 Å². The molecule has 28 heavy (non-hydrogen) atoms. The van der Waals surface area contributed by atoms with Crippen molar-refractivity contribution in [2.45, 2.75) is 55.7 Å². The third kappa shape index (κ3) is 4.36. The summed E-state index contributed by atoms with van der Waals surface area (Å²) >= 11 is 0. The Morgan fingerprint density at radius 2 is 1.71 bits per heavy atom. The standard InChI is InChI=1S/C21H25NO5S/c1-21(2,3)27-20(24)22-11-10-16-6-9-19(12-17(16)13-22)28(25,26)18-7-4-15(14-23)5-8-18/h4-9,12,23H,10-11,13-14H2,1-3H3. The van der Waals surface area contributed by atoms with Crippen LogP contribution in [0.2, 0.25) is 0 Å². The number of hydrogen-bond donors (Lipinski definition) is 1. The Balaban J connectivity index is 1.86. The maximum Gasteiger partial charge on any atom is 0.410 e. The van der Waals surface area contributed by atoms with E-state index in [2.05, 4.69) is 0 Å². The molecule has 0 aromatic heterocycles. The summed E-state index contributed by atoms with van der Waals surface area (Å²) in [5.41, 5.74) is 1.92. The molecule has 1 heterocycles. The maximum absolute atomic E-state index is 13.0. The fourth-order valence-electron chi connectivity index (χ4n) is 3.09. The highest BCUT2D eigenvalue weighted by Gasteiger charge is 2.27. The van der Waals surface area contributed by atoms with E-state index in [4.69, 9.17) is 9.84 Å². The number of amides is 1. The van der Waals surface area contributed by atoms with Gasteiger partial charge in [0.05, 0.1) is 16.4 Å². The van der Waals surface area contributed by atoms with Gasteiger partial charge in [0.1, 0.15) is 5.60 Å². The molecule has 2 aromatic carbocycles. The van der Waals surface area contributed by atoms with Gasteiger partial charge < -0.3 is 14.7 Å². The van der Waals surface area contributed by atoms with E-state index in [-0.39, 0.29) is 16.4 Å². The van der Waals surface area contributed by atoms with Crippen molar-refractivity contribution in [1.82, 2.24) is 4.90 Å². The lowest BCUT2D eigenvalue weighted by molar-refractivity contribution is 0.0224. The smallest absolute Gasteiger partial charge is 0.410 e. The number of nitrogens with zero attached hydrogens (tertiary/aromatic N) is 1. The Labute approximate surface area is 165 Å². The van der Waals surface area contributed by atoms with Crippen LogP contribution in [0, 0.1) is 0 Å². The van der Waals surface area contributed by atoms with E-state index in [0.29, 0.717) is 25.1 Å². The lowest BCUT2D eigenvalue weighted by Crippen LogP contribution is -2.39. The summed E-state index contributed by atoms with van der Waals surface area (Å²) in [4.78, 5) is 14.3. The van der Waals surface area contributed by atoms with Crippen LogP contribution in [0.4, 0.5) is 4.79 Å². The molecule has 6 nitrogen and oxygen atoms in total. The molecule has 0 saturated carbocycles. The van der Waals surface area contributed by atoms with Gasteiger partial charge in [0.15, 0.2) is 0 Å². The van der Waals surface area contributed by atoms with Crippen LogP contribution in [0.25, 0.3) is 0 Å². The quantitative estimate of drug-likeness (QED) is 0.850. The van der Waals surface area contributed by atoms with Gasteiger partial charge in [-0.3, -0.25) is 0 Å². The molecule has 150 valence electrons. The second-order valence-electron chi connectivity index (χ2n) is 7.89. The Bertz CT molecular complexity index is 975. The first-order valence-electron chi connectivity index (χ1n) is 9.15. The normalized spacial score (nSPS) is 14.5. The maximum atomic E-state index is 13.0. The van der Waals surface area contributed by atoms with Gasteiger partial charge in [-0.2, -0.15) is 0 Å². The van der Waals surface area contributed by atoms with Gasteiger partial charge in [0.25, 0.3) is 0 Å². The number of aliphatic hydroxyl groups is 1. The van der Waals surface area contributed by atoms with Crippen molar-refractivity contribution >= 4 is 15.9 Å². The first-order chi connectivity index (χ1) is 13.1. The van der Waals surface area contributed by atoms with Crippen molar-refractivity contribution in [3.63, 3.8) is 0 Å². The second kappa shape index (κ2) is 7.56. The van der Waals surface area contributed by atoms with Crippen LogP contribution in [-0.4, -0.2) is 36.7 Å². The third-order valence-electron chi connectivity index (χ3n) is 4.57. The van der Waals surface area contributed by atoms with Crippen LogP contribution in [0.3, 0.4) is 0 Å². The number of fused-ring (bicyclic) bond motifs is 1. The number of benzene rings is 2. The number of sulfone groups is 1.